The van der Waals surface area contributed by atoms with Crippen molar-refractivity contribution in [2.75, 3.05) is 11.9 Å². The van der Waals surface area contributed by atoms with Gasteiger partial charge < -0.3 is 11.1 Å². The zero-order chi connectivity index (χ0) is 13.3. The molecule has 100 valence electrons. The summed E-state index contributed by atoms with van der Waals surface area (Å²) in [5.74, 6) is 0.499. The van der Waals surface area contributed by atoms with E-state index in [9.17, 15) is 4.79 Å². The van der Waals surface area contributed by atoms with Crippen LogP contribution < -0.4 is 11.1 Å². The van der Waals surface area contributed by atoms with E-state index in [1.54, 1.807) is 4.68 Å². The summed E-state index contributed by atoms with van der Waals surface area (Å²) in [6.07, 6.45) is 3.12. The zero-order valence-corrected chi connectivity index (χ0v) is 11.4. The number of nitrogens with two attached hydrogens (primary N) is 1. The van der Waals surface area contributed by atoms with Gasteiger partial charge in [0, 0.05) is 13.0 Å². The van der Waals surface area contributed by atoms with Gasteiger partial charge in [-0.25, -0.2) is 0 Å². The smallest absolute Gasteiger partial charge is 0.227 e. The van der Waals surface area contributed by atoms with Crippen LogP contribution in [-0.4, -0.2) is 22.2 Å². The van der Waals surface area contributed by atoms with Crippen LogP contribution in [0.2, 0.25) is 0 Å². The Morgan fingerprint density at radius 3 is 2.78 bits per heavy atom. The minimum absolute atomic E-state index is 0.0639. The van der Waals surface area contributed by atoms with E-state index < -0.39 is 0 Å². The predicted octanol–water partition coefficient (Wildman–Crippen LogP) is 1.35. The Labute approximate surface area is 108 Å². The van der Waals surface area contributed by atoms with Crippen molar-refractivity contribution >= 4 is 11.6 Å². The molecule has 0 aromatic carbocycles. The van der Waals surface area contributed by atoms with Crippen LogP contribution in [0, 0.1) is 25.7 Å². The van der Waals surface area contributed by atoms with E-state index in [0.29, 0.717) is 12.5 Å². The van der Waals surface area contributed by atoms with Crippen LogP contribution in [0.3, 0.4) is 0 Å². The maximum absolute atomic E-state index is 12.3. The molecule has 0 aliphatic heterocycles. The largest absolute Gasteiger partial charge is 0.330 e. The summed E-state index contributed by atoms with van der Waals surface area (Å²) in [4.78, 5) is 12.3. The molecule has 1 aliphatic rings. The summed E-state index contributed by atoms with van der Waals surface area (Å²) in [6.45, 7) is 4.48. The average Bonchev–Trinajstić information content (AvgIpc) is 2.90. The fourth-order valence-corrected chi connectivity index (χ4v) is 2.83. The van der Waals surface area contributed by atoms with E-state index in [0.717, 1.165) is 36.3 Å². The second-order valence-electron chi connectivity index (χ2n) is 5.19. The molecule has 0 radical (unpaired) electrons. The number of nitrogens with one attached hydrogen (secondary N) is 1. The number of anilines is 1. The summed E-state index contributed by atoms with van der Waals surface area (Å²) in [5.41, 5.74) is 8.43. The molecule has 3 N–H and O–H groups in total. The number of hydrogen-bond acceptors (Lipinski definition) is 3. The lowest BCUT2D eigenvalue weighted by Gasteiger charge is -2.17. The predicted molar refractivity (Wildman–Crippen MR) is 71.2 cm³/mol. The molecule has 1 aromatic heterocycles. The molecule has 0 bridgehead atoms. The summed E-state index contributed by atoms with van der Waals surface area (Å²) in [7, 11) is 1.89. The van der Waals surface area contributed by atoms with E-state index in [-0.39, 0.29) is 11.8 Å². The van der Waals surface area contributed by atoms with E-state index in [1.807, 2.05) is 20.9 Å². The lowest BCUT2D eigenvalue weighted by atomic mass is 9.95. The normalized spacial score (nSPS) is 23.3. The summed E-state index contributed by atoms with van der Waals surface area (Å²) >= 11 is 0. The van der Waals surface area contributed by atoms with Crippen molar-refractivity contribution in [1.82, 2.24) is 9.78 Å². The molecule has 5 nitrogen and oxygen atoms in total. The van der Waals surface area contributed by atoms with Gasteiger partial charge >= 0.3 is 0 Å². The van der Waals surface area contributed by atoms with Crippen molar-refractivity contribution < 1.29 is 4.79 Å². The Morgan fingerprint density at radius 1 is 1.50 bits per heavy atom. The quantitative estimate of drug-likeness (QED) is 0.850. The molecule has 1 aromatic rings. The van der Waals surface area contributed by atoms with E-state index in [1.165, 1.54) is 0 Å². The van der Waals surface area contributed by atoms with Gasteiger partial charge in [0.05, 0.1) is 17.1 Å². The SMILES string of the molecule is Cc1nn(C)c(C)c1NC(=O)C1CCCC1CN. The fourth-order valence-electron chi connectivity index (χ4n) is 2.83. The van der Waals surface area contributed by atoms with Crippen LogP contribution in [0.4, 0.5) is 5.69 Å². The number of aryl methyl sites for hydroxylation is 2. The first kappa shape index (κ1) is 13.1. The summed E-state index contributed by atoms with van der Waals surface area (Å²) in [6, 6.07) is 0. The molecule has 2 atom stereocenters. The van der Waals surface area contributed by atoms with Crippen molar-refractivity contribution in [3.05, 3.63) is 11.4 Å². The third-order valence-electron chi connectivity index (χ3n) is 4.06. The molecule has 1 amide bonds. The van der Waals surface area contributed by atoms with Crippen LogP contribution in [0.15, 0.2) is 0 Å². The number of aromatic nitrogens is 2. The highest BCUT2D eigenvalue weighted by Crippen LogP contribution is 2.32. The average molecular weight is 250 g/mol. The lowest BCUT2D eigenvalue weighted by Crippen LogP contribution is -2.30. The Balaban J connectivity index is 2.11. The fraction of sp³-hybridized carbons (Fsp3) is 0.692. The second kappa shape index (κ2) is 5.10. The van der Waals surface area contributed by atoms with Crippen LogP contribution in [-0.2, 0) is 11.8 Å². The molecular weight excluding hydrogens is 228 g/mol. The van der Waals surface area contributed by atoms with Gasteiger partial charge in [-0.3, -0.25) is 9.48 Å². The second-order valence-corrected chi connectivity index (χ2v) is 5.19. The number of hydrogen-bond donors (Lipinski definition) is 2. The maximum atomic E-state index is 12.3. The monoisotopic (exact) mass is 250 g/mol. The minimum Gasteiger partial charge on any atom is -0.330 e. The van der Waals surface area contributed by atoms with E-state index in [4.69, 9.17) is 5.73 Å². The highest BCUT2D eigenvalue weighted by atomic mass is 16.1. The van der Waals surface area contributed by atoms with Crippen LogP contribution in [0.5, 0.6) is 0 Å². The minimum atomic E-state index is 0.0639. The van der Waals surface area contributed by atoms with Gasteiger partial charge in [-0.05, 0) is 39.2 Å². The highest BCUT2D eigenvalue weighted by molar-refractivity contribution is 5.94. The van der Waals surface area contributed by atoms with Crippen molar-refractivity contribution in [3.8, 4) is 0 Å². The molecular formula is C13H22N4O. The van der Waals surface area contributed by atoms with Gasteiger partial charge in [0.1, 0.15) is 0 Å². The molecule has 0 saturated heterocycles. The zero-order valence-electron chi connectivity index (χ0n) is 11.4. The third-order valence-corrected chi connectivity index (χ3v) is 4.06. The Kier molecular flexibility index (Phi) is 3.71. The molecule has 2 unspecified atom stereocenters. The number of rotatable bonds is 3. The Morgan fingerprint density at radius 2 is 2.22 bits per heavy atom. The molecule has 2 rings (SSSR count). The van der Waals surface area contributed by atoms with Gasteiger partial charge in [-0.2, -0.15) is 5.10 Å². The number of nitrogens with zero attached hydrogens (tertiary/aromatic N) is 2. The Bertz CT molecular complexity index is 452. The number of amides is 1. The Hall–Kier alpha value is -1.36. The van der Waals surface area contributed by atoms with Gasteiger partial charge in [0.25, 0.3) is 0 Å². The first-order valence-corrected chi connectivity index (χ1v) is 6.55. The molecule has 0 spiro atoms. The van der Waals surface area contributed by atoms with Gasteiger partial charge in [-0.15, -0.1) is 0 Å². The maximum Gasteiger partial charge on any atom is 0.227 e. The van der Waals surface area contributed by atoms with Gasteiger partial charge in [0.15, 0.2) is 0 Å². The lowest BCUT2D eigenvalue weighted by molar-refractivity contribution is -0.120. The number of carbonyl (C=O) groups is 1. The standard InChI is InChI=1S/C13H22N4O/c1-8-12(9(2)17(3)16-8)15-13(18)11-6-4-5-10(11)7-14/h10-11H,4-7,14H2,1-3H3,(H,15,18). The van der Waals surface area contributed by atoms with E-state index >= 15 is 0 Å². The summed E-state index contributed by atoms with van der Waals surface area (Å²) in [5, 5.41) is 7.33. The summed E-state index contributed by atoms with van der Waals surface area (Å²) < 4.78 is 1.79. The van der Waals surface area contributed by atoms with Crippen molar-refractivity contribution in [2.45, 2.75) is 33.1 Å². The molecule has 1 fully saturated rings. The van der Waals surface area contributed by atoms with Crippen molar-refractivity contribution in [2.24, 2.45) is 24.6 Å². The molecule has 1 heterocycles. The van der Waals surface area contributed by atoms with Crippen molar-refractivity contribution in [1.29, 1.82) is 0 Å². The molecule has 1 saturated carbocycles. The van der Waals surface area contributed by atoms with Crippen LogP contribution in [0.25, 0.3) is 0 Å². The van der Waals surface area contributed by atoms with Gasteiger partial charge in [-0.1, -0.05) is 6.42 Å². The first-order valence-electron chi connectivity index (χ1n) is 6.55. The van der Waals surface area contributed by atoms with Crippen LogP contribution >= 0.6 is 0 Å². The van der Waals surface area contributed by atoms with Gasteiger partial charge in [0.2, 0.25) is 5.91 Å². The van der Waals surface area contributed by atoms with E-state index in [2.05, 4.69) is 10.4 Å². The third kappa shape index (κ3) is 2.27. The first-order chi connectivity index (χ1) is 8.54. The number of carbonyl (C=O) groups excluding carboxylic acids is 1. The molecule has 5 heteroatoms. The highest BCUT2D eigenvalue weighted by Gasteiger charge is 2.32. The van der Waals surface area contributed by atoms with Crippen LogP contribution in [0.1, 0.15) is 30.7 Å². The molecule has 18 heavy (non-hydrogen) atoms. The topological polar surface area (TPSA) is 72.9 Å². The van der Waals surface area contributed by atoms with Crippen molar-refractivity contribution in [3.63, 3.8) is 0 Å². The molecule has 1 aliphatic carbocycles.